The van der Waals surface area contributed by atoms with Crippen LogP contribution in [0.2, 0.25) is 0 Å². The first-order valence-corrected chi connectivity index (χ1v) is 10.0. The van der Waals surface area contributed by atoms with Crippen molar-refractivity contribution in [3.63, 3.8) is 0 Å². The van der Waals surface area contributed by atoms with Crippen LogP contribution in [0.5, 0.6) is 5.75 Å². The number of rotatable bonds is 7. The van der Waals surface area contributed by atoms with E-state index in [4.69, 9.17) is 4.74 Å². The maximum Gasteiger partial charge on any atom is 0.119 e. The molecule has 0 aromatic heterocycles. The number of hydrogen-bond acceptors (Lipinski definition) is 1. The van der Waals surface area contributed by atoms with Gasteiger partial charge in [-0.15, -0.1) is 0 Å². The monoisotopic (exact) mass is 375 g/mol. The van der Waals surface area contributed by atoms with Crippen molar-refractivity contribution in [2.75, 3.05) is 6.61 Å². The Hall–Kier alpha value is -3.52. The van der Waals surface area contributed by atoms with Gasteiger partial charge in [0.15, 0.2) is 0 Å². The molecule has 0 saturated heterocycles. The van der Waals surface area contributed by atoms with Crippen LogP contribution < -0.4 is 26.6 Å². The van der Waals surface area contributed by atoms with Crippen LogP contribution in [0.1, 0.15) is 0 Å². The highest BCUT2D eigenvalue weighted by Gasteiger charge is 2.31. The number of ether oxygens (including phenoxy) is 1. The van der Waals surface area contributed by atoms with Crippen LogP contribution in [-0.2, 0) is 0 Å². The molecule has 4 rings (SSSR count). The summed E-state index contributed by atoms with van der Waals surface area (Å²) in [6.07, 6.45) is 0.442. The zero-order valence-corrected chi connectivity index (χ0v) is 16.4. The third kappa shape index (κ3) is 3.62. The molecular formula is C27H24BO-. The predicted octanol–water partition coefficient (Wildman–Crippen LogP) is 3.63. The lowest BCUT2D eigenvalue weighted by atomic mass is 9.13. The van der Waals surface area contributed by atoms with Gasteiger partial charge in [-0.3, -0.25) is 0 Å². The Labute approximate surface area is 173 Å². The van der Waals surface area contributed by atoms with Gasteiger partial charge in [-0.2, -0.15) is 21.9 Å². The molecular weight excluding hydrogens is 351 g/mol. The molecule has 142 valence electrons. The summed E-state index contributed by atoms with van der Waals surface area (Å²) in [6, 6.07) is 40.9. The lowest BCUT2D eigenvalue weighted by Crippen LogP contribution is -2.74. The molecule has 0 unspecified atom stereocenters. The van der Waals surface area contributed by atoms with Gasteiger partial charge in [0, 0.05) is 0 Å². The standard InChI is InChI=1S/C27H24BO/c1-2-22-29-27-20-18-26(19-21-27)28(23-12-6-3-7-13-23,24-14-8-4-9-15-24)25-16-10-5-11-17-25/h2-21H,1,22H2/q-1. The summed E-state index contributed by atoms with van der Waals surface area (Å²) in [6.45, 7) is 4.24. The van der Waals surface area contributed by atoms with E-state index in [2.05, 4.69) is 122 Å². The molecule has 0 radical (unpaired) electrons. The highest BCUT2D eigenvalue weighted by molar-refractivity contribution is 7.19. The summed E-state index contributed by atoms with van der Waals surface area (Å²) in [7, 11) is 0. The Bertz CT molecular complexity index is 945. The first kappa shape index (κ1) is 18.8. The third-order valence-corrected chi connectivity index (χ3v) is 5.65. The fourth-order valence-electron chi connectivity index (χ4n) is 4.39. The van der Waals surface area contributed by atoms with E-state index in [0.29, 0.717) is 6.61 Å². The second-order valence-corrected chi connectivity index (χ2v) is 7.27. The normalized spacial score (nSPS) is 11.0. The maximum atomic E-state index is 5.73. The summed E-state index contributed by atoms with van der Waals surface area (Å²) in [5.41, 5.74) is 5.15. The third-order valence-electron chi connectivity index (χ3n) is 5.65. The summed E-state index contributed by atoms with van der Waals surface area (Å²) >= 11 is 0. The summed E-state index contributed by atoms with van der Waals surface area (Å²) in [5.74, 6) is 0.854. The van der Waals surface area contributed by atoms with E-state index in [0.717, 1.165) is 5.75 Å². The molecule has 0 fully saturated rings. The van der Waals surface area contributed by atoms with Crippen LogP contribution in [-0.4, -0.2) is 12.8 Å². The van der Waals surface area contributed by atoms with E-state index < -0.39 is 6.15 Å². The molecule has 0 aliphatic rings. The summed E-state index contributed by atoms with van der Waals surface area (Å²) < 4.78 is 5.73. The topological polar surface area (TPSA) is 9.23 Å². The zero-order valence-electron chi connectivity index (χ0n) is 16.4. The molecule has 0 aliphatic carbocycles. The van der Waals surface area contributed by atoms with E-state index in [-0.39, 0.29) is 0 Å². The Morgan fingerprint density at radius 2 is 0.931 bits per heavy atom. The highest BCUT2D eigenvalue weighted by atomic mass is 16.5. The van der Waals surface area contributed by atoms with Crippen LogP contribution in [0.3, 0.4) is 0 Å². The molecule has 1 nitrogen and oxygen atoms in total. The Morgan fingerprint density at radius 1 is 0.552 bits per heavy atom. The fraction of sp³-hybridized carbons (Fsp3) is 0.0370. The Balaban J connectivity index is 1.99. The molecule has 0 bridgehead atoms. The Kier molecular flexibility index (Phi) is 5.62. The van der Waals surface area contributed by atoms with Crippen molar-refractivity contribution in [2.24, 2.45) is 0 Å². The maximum absolute atomic E-state index is 5.73. The van der Waals surface area contributed by atoms with Gasteiger partial charge in [-0.05, 0) is 12.1 Å². The summed E-state index contributed by atoms with van der Waals surface area (Å²) in [5, 5.41) is 0. The molecule has 0 atom stereocenters. The largest absolute Gasteiger partial charge is 0.490 e. The van der Waals surface area contributed by atoms with Crippen molar-refractivity contribution in [1.29, 1.82) is 0 Å². The van der Waals surface area contributed by atoms with Gasteiger partial charge in [0.2, 0.25) is 0 Å². The molecule has 0 heterocycles. The molecule has 4 aromatic carbocycles. The predicted molar refractivity (Wildman–Crippen MR) is 126 cm³/mol. The van der Waals surface area contributed by atoms with E-state index >= 15 is 0 Å². The molecule has 4 aromatic rings. The van der Waals surface area contributed by atoms with Gasteiger partial charge >= 0.3 is 0 Å². The molecule has 0 spiro atoms. The lowest BCUT2D eigenvalue weighted by molar-refractivity contribution is 0.363. The van der Waals surface area contributed by atoms with Crippen molar-refractivity contribution in [2.45, 2.75) is 0 Å². The first-order chi connectivity index (χ1) is 14.4. The molecule has 0 amide bonds. The second-order valence-electron chi connectivity index (χ2n) is 7.27. The second kappa shape index (κ2) is 8.66. The minimum Gasteiger partial charge on any atom is -0.490 e. The smallest absolute Gasteiger partial charge is 0.119 e. The number of hydrogen-bond donors (Lipinski definition) is 0. The SMILES string of the molecule is C=CCOc1ccc([B-](c2ccccc2)(c2ccccc2)c2ccccc2)cc1. The van der Waals surface area contributed by atoms with Gasteiger partial charge in [-0.1, -0.05) is 116 Å². The van der Waals surface area contributed by atoms with Gasteiger partial charge in [-0.25, -0.2) is 0 Å². The van der Waals surface area contributed by atoms with Gasteiger partial charge in [0.1, 0.15) is 18.5 Å². The minimum absolute atomic E-state index is 0.506. The van der Waals surface area contributed by atoms with Gasteiger partial charge < -0.3 is 4.74 Å². The van der Waals surface area contributed by atoms with Gasteiger partial charge in [0.25, 0.3) is 0 Å². The van der Waals surface area contributed by atoms with Crippen molar-refractivity contribution < 1.29 is 4.74 Å². The quantitative estimate of drug-likeness (QED) is 0.354. The average Bonchev–Trinajstić information content (AvgIpc) is 2.81. The van der Waals surface area contributed by atoms with E-state index in [9.17, 15) is 0 Å². The summed E-state index contributed by atoms with van der Waals surface area (Å²) in [4.78, 5) is 0. The van der Waals surface area contributed by atoms with Crippen molar-refractivity contribution in [1.82, 2.24) is 0 Å². The van der Waals surface area contributed by atoms with Crippen LogP contribution in [0, 0.1) is 0 Å². The fourth-order valence-corrected chi connectivity index (χ4v) is 4.39. The first-order valence-electron chi connectivity index (χ1n) is 10.0. The highest BCUT2D eigenvalue weighted by Crippen LogP contribution is 2.13. The molecule has 29 heavy (non-hydrogen) atoms. The van der Waals surface area contributed by atoms with E-state index in [1.165, 1.54) is 21.9 Å². The number of benzene rings is 4. The molecule has 0 saturated carbocycles. The molecule has 0 aliphatic heterocycles. The van der Waals surface area contributed by atoms with Crippen LogP contribution in [0.15, 0.2) is 128 Å². The van der Waals surface area contributed by atoms with Crippen molar-refractivity contribution in [3.8, 4) is 5.75 Å². The average molecular weight is 375 g/mol. The zero-order chi connectivity index (χ0) is 19.9. The van der Waals surface area contributed by atoms with E-state index in [1.54, 1.807) is 6.08 Å². The lowest BCUT2D eigenvalue weighted by Gasteiger charge is -2.44. The van der Waals surface area contributed by atoms with Crippen LogP contribution in [0.25, 0.3) is 0 Å². The molecule has 0 N–H and O–H groups in total. The van der Waals surface area contributed by atoms with Crippen molar-refractivity contribution >= 4 is 28.0 Å². The molecule has 2 heteroatoms. The van der Waals surface area contributed by atoms with Crippen LogP contribution in [0.4, 0.5) is 0 Å². The Morgan fingerprint density at radius 3 is 1.31 bits per heavy atom. The van der Waals surface area contributed by atoms with E-state index in [1.807, 2.05) is 0 Å². The van der Waals surface area contributed by atoms with Crippen LogP contribution >= 0.6 is 0 Å². The van der Waals surface area contributed by atoms with Crippen molar-refractivity contribution in [3.05, 3.63) is 128 Å². The van der Waals surface area contributed by atoms with Gasteiger partial charge in [0.05, 0.1) is 0 Å². The minimum atomic E-state index is -1.32.